The van der Waals surface area contributed by atoms with Gasteiger partial charge in [0.15, 0.2) is 0 Å². The van der Waals surface area contributed by atoms with Crippen LogP contribution in [0.5, 0.6) is 0 Å². The number of sulfone groups is 1. The van der Waals surface area contributed by atoms with Gasteiger partial charge in [-0.05, 0) is 38.9 Å². The van der Waals surface area contributed by atoms with Gasteiger partial charge in [-0.25, -0.2) is 8.42 Å². The summed E-state index contributed by atoms with van der Waals surface area (Å²) in [5.74, 6) is 0.809. The first-order chi connectivity index (χ1) is 6.85. The Morgan fingerprint density at radius 2 is 1.93 bits per heavy atom. The smallest absolute Gasteiger partial charge is 0.148 e. The Balaban J connectivity index is 3.54. The van der Waals surface area contributed by atoms with Crippen LogP contribution in [0.15, 0.2) is 0 Å². The minimum atomic E-state index is -2.83. The normalized spacial score (nSPS) is 14.5. The molecule has 0 amide bonds. The topological polar surface area (TPSA) is 63.4 Å². The Kier molecular flexibility index (Phi) is 7.13. The van der Waals surface area contributed by atoms with Gasteiger partial charge in [0.1, 0.15) is 9.84 Å². The Labute approximate surface area is 93.7 Å². The highest BCUT2D eigenvalue weighted by Gasteiger charge is 2.06. The second-order valence-corrected chi connectivity index (χ2v) is 6.68. The van der Waals surface area contributed by atoms with Crippen LogP contribution in [-0.2, 0) is 9.84 Å². The number of hydrogen-bond acceptors (Lipinski definition) is 4. The standard InChI is InChI=1S/C10H24N2O2S/c1-10(9-11)5-4-6-12(2)7-8-15(3,13)14/h10H,4-9,11H2,1-3H3. The second kappa shape index (κ2) is 7.19. The molecule has 0 aliphatic carbocycles. The largest absolute Gasteiger partial charge is 0.330 e. The van der Waals surface area contributed by atoms with Gasteiger partial charge in [0.05, 0.1) is 5.75 Å². The summed E-state index contributed by atoms with van der Waals surface area (Å²) in [4.78, 5) is 2.06. The molecule has 0 radical (unpaired) electrons. The van der Waals surface area contributed by atoms with Crippen molar-refractivity contribution in [2.45, 2.75) is 19.8 Å². The number of hydrogen-bond donors (Lipinski definition) is 1. The molecule has 0 aliphatic rings. The number of rotatable bonds is 8. The Morgan fingerprint density at radius 3 is 2.40 bits per heavy atom. The molecule has 1 atom stereocenters. The van der Waals surface area contributed by atoms with Gasteiger partial charge in [-0.2, -0.15) is 0 Å². The van der Waals surface area contributed by atoms with Crippen molar-refractivity contribution in [2.75, 3.05) is 38.7 Å². The summed E-state index contributed by atoms with van der Waals surface area (Å²) in [6, 6.07) is 0. The van der Waals surface area contributed by atoms with Gasteiger partial charge in [-0.3, -0.25) is 0 Å². The third-order valence-electron chi connectivity index (χ3n) is 2.48. The Hall–Kier alpha value is -0.130. The first-order valence-corrected chi connectivity index (χ1v) is 7.47. The van der Waals surface area contributed by atoms with Crippen LogP contribution in [0.3, 0.4) is 0 Å². The zero-order valence-electron chi connectivity index (χ0n) is 10.1. The molecule has 0 aromatic heterocycles. The van der Waals surface area contributed by atoms with Crippen LogP contribution >= 0.6 is 0 Å². The molecule has 0 saturated carbocycles. The average molecular weight is 236 g/mol. The molecular weight excluding hydrogens is 212 g/mol. The highest BCUT2D eigenvalue weighted by atomic mass is 32.2. The maximum Gasteiger partial charge on any atom is 0.148 e. The lowest BCUT2D eigenvalue weighted by molar-refractivity contribution is 0.331. The zero-order chi connectivity index (χ0) is 11.9. The summed E-state index contributed by atoms with van der Waals surface area (Å²) >= 11 is 0. The summed E-state index contributed by atoms with van der Waals surface area (Å²) in [7, 11) is -0.870. The van der Waals surface area contributed by atoms with E-state index in [1.807, 2.05) is 7.05 Å². The maximum absolute atomic E-state index is 10.9. The molecule has 0 saturated heterocycles. The summed E-state index contributed by atoms with van der Waals surface area (Å²) in [6.07, 6.45) is 3.47. The third-order valence-corrected chi connectivity index (χ3v) is 3.41. The fourth-order valence-electron chi connectivity index (χ4n) is 1.26. The van der Waals surface area contributed by atoms with Crippen molar-refractivity contribution in [3.63, 3.8) is 0 Å². The summed E-state index contributed by atoms with van der Waals surface area (Å²) in [6.45, 7) is 4.43. The lowest BCUT2D eigenvalue weighted by Gasteiger charge is -2.16. The fraction of sp³-hybridized carbons (Fsp3) is 1.00. The third kappa shape index (κ3) is 10.2. The minimum absolute atomic E-state index is 0.246. The SMILES string of the molecule is CC(CN)CCCN(C)CCS(C)(=O)=O. The lowest BCUT2D eigenvalue weighted by atomic mass is 10.1. The van der Waals surface area contributed by atoms with Crippen molar-refractivity contribution in [3.05, 3.63) is 0 Å². The maximum atomic E-state index is 10.9. The predicted octanol–water partition coefficient (Wildman–Crippen LogP) is 0.338. The van der Waals surface area contributed by atoms with Gasteiger partial charge in [-0.15, -0.1) is 0 Å². The van der Waals surface area contributed by atoms with E-state index in [0.29, 0.717) is 12.5 Å². The van der Waals surface area contributed by atoms with Gasteiger partial charge in [-0.1, -0.05) is 6.92 Å². The van der Waals surface area contributed by atoms with E-state index in [4.69, 9.17) is 5.73 Å². The Morgan fingerprint density at radius 1 is 1.33 bits per heavy atom. The lowest BCUT2D eigenvalue weighted by Crippen LogP contribution is -2.26. The van der Waals surface area contributed by atoms with E-state index in [1.54, 1.807) is 0 Å². The molecule has 0 fully saturated rings. The van der Waals surface area contributed by atoms with Crippen molar-refractivity contribution in [3.8, 4) is 0 Å². The summed E-state index contributed by atoms with van der Waals surface area (Å²) in [5.41, 5.74) is 5.51. The Bertz CT molecular complexity index is 252. The number of nitrogens with zero attached hydrogens (tertiary/aromatic N) is 1. The molecule has 15 heavy (non-hydrogen) atoms. The molecule has 4 nitrogen and oxygen atoms in total. The van der Waals surface area contributed by atoms with Gasteiger partial charge < -0.3 is 10.6 Å². The molecule has 1 unspecified atom stereocenters. The van der Waals surface area contributed by atoms with Crippen LogP contribution in [0.1, 0.15) is 19.8 Å². The van der Waals surface area contributed by atoms with Crippen LogP contribution in [-0.4, -0.2) is 52.0 Å². The summed E-state index contributed by atoms with van der Waals surface area (Å²) in [5, 5.41) is 0. The minimum Gasteiger partial charge on any atom is -0.330 e. The van der Waals surface area contributed by atoms with Gasteiger partial charge in [0, 0.05) is 12.8 Å². The van der Waals surface area contributed by atoms with E-state index in [-0.39, 0.29) is 5.75 Å². The van der Waals surface area contributed by atoms with Gasteiger partial charge in [0.2, 0.25) is 0 Å². The van der Waals surface area contributed by atoms with Crippen LogP contribution in [0.2, 0.25) is 0 Å². The molecule has 0 bridgehead atoms. The highest BCUT2D eigenvalue weighted by Crippen LogP contribution is 2.03. The molecule has 0 spiro atoms. The molecule has 0 heterocycles. The average Bonchev–Trinajstić information content (AvgIpc) is 2.13. The molecule has 0 aromatic carbocycles. The molecular formula is C10H24N2O2S. The van der Waals surface area contributed by atoms with Crippen molar-refractivity contribution in [2.24, 2.45) is 11.7 Å². The molecule has 0 aliphatic heterocycles. The van der Waals surface area contributed by atoms with E-state index >= 15 is 0 Å². The molecule has 5 heteroatoms. The molecule has 0 aromatic rings. The first-order valence-electron chi connectivity index (χ1n) is 5.41. The van der Waals surface area contributed by atoms with Crippen LogP contribution in [0, 0.1) is 5.92 Å². The zero-order valence-corrected chi connectivity index (χ0v) is 10.9. The summed E-state index contributed by atoms with van der Waals surface area (Å²) < 4.78 is 21.8. The van der Waals surface area contributed by atoms with Crippen molar-refractivity contribution in [1.82, 2.24) is 4.90 Å². The van der Waals surface area contributed by atoms with E-state index in [2.05, 4.69) is 11.8 Å². The monoisotopic (exact) mass is 236 g/mol. The highest BCUT2D eigenvalue weighted by molar-refractivity contribution is 7.90. The van der Waals surface area contributed by atoms with Crippen LogP contribution < -0.4 is 5.73 Å². The molecule has 2 N–H and O–H groups in total. The first kappa shape index (κ1) is 14.9. The van der Waals surface area contributed by atoms with Crippen LogP contribution in [0.25, 0.3) is 0 Å². The molecule has 0 rings (SSSR count). The van der Waals surface area contributed by atoms with Gasteiger partial charge >= 0.3 is 0 Å². The van der Waals surface area contributed by atoms with Crippen molar-refractivity contribution >= 4 is 9.84 Å². The van der Waals surface area contributed by atoms with E-state index in [9.17, 15) is 8.42 Å². The van der Waals surface area contributed by atoms with Gasteiger partial charge in [0.25, 0.3) is 0 Å². The number of nitrogens with two attached hydrogens (primary N) is 1. The fourth-order valence-corrected chi connectivity index (χ4v) is 1.90. The quantitative estimate of drug-likeness (QED) is 0.660. The second-order valence-electron chi connectivity index (χ2n) is 4.42. The van der Waals surface area contributed by atoms with E-state index < -0.39 is 9.84 Å². The van der Waals surface area contributed by atoms with Crippen molar-refractivity contribution < 1.29 is 8.42 Å². The predicted molar refractivity (Wildman–Crippen MR) is 64.7 cm³/mol. The molecule has 92 valence electrons. The van der Waals surface area contributed by atoms with Crippen molar-refractivity contribution in [1.29, 1.82) is 0 Å². The van der Waals surface area contributed by atoms with E-state index in [1.165, 1.54) is 6.26 Å². The van der Waals surface area contributed by atoms with Crippen LogP contribution in [0.4, 0.5) is 0 Å². The van der Waals surface area contributed by atoms with E-state index in [0.717, 1.165) is 25.9 Å².